The zero-order valence-corrected chi connectivity index (χ0v) is 12.9. The van der Waals surface area contributed by atoms with E-state index in [2.05, 4.69) is 61.1 Å². The topological polar surface area (TPSA) is 18.5 Å². The number of benzene rings is 1. The smallest absolute Gasteiger partial charge is 0.0426 e. The monoisotopic (exact) mass is 261 g/mol. The number of hydrogen-bond acceptors (Lipinski definition) is 3. The van der Waals surface area contributed by atoms with Gasteiger partial charge in [0.2, 0.25) is 0 Å². The number of para-hydroxylation sites is 1. The van der Waals surface area contributed by atoms with E-state index in [4.69, 9.17) is 0 Å². The maximum atomic E-state index is 3.32. The van der Waals surface area contributed by atoms with E-state index < -0.39 is 0 Å². The molecule has 1 aromatic rings. The highest BCUT2D eigenvalue weighted by Crippen LogP contribution is 2.28. The molecule has 0 aliphatic carbocycles. The normalized spacial score (nSPS) is 24.8. The summed E-state index contributed by atoms with van der Waals surface area (Å²) < 4.78 is 0. The first-order valence-electron chi connectivity index (χ1n) is 7.22. The van der Waals surface area contributed by atoms with Crippen LogP contribution >= 0.6 is 0 Å². The van der Waals surface area contributed by atoms with Crippen LogP contribution in [0.25, 0.3) is 0 Å². The second-order valence-electron chi connectivity index (χ2n) is 5.87. The third-order valence-corrected chi connectivity index (χ3v) is 4.38. The third kappa shape index (κ3) is 2.93. The Morgan fingerprint density at radius 1 is 1.21 bits per heavy atom. The van der Waals surface area contributed by atoms with E-state index in [0.29, 0.717) is 12.1 Å². The summed E-state index contributed by atoms with van der Waals surface area (Å²) in [7, 11) is 4.28. The largest absolute Gasteiger partial charge is 0.368 e. The van der Waals surface area contributed by atoms with E-state index in [9.17, 15) is 0 Å². The summed E-state index contributed by atoms with van der Waals surface area (Å²) >= 11 is 0. The van der Waals surface area contributed by atoms with E-state index in [0.717, 1.165) is 19.6 Å². The zero-order chi connectivity index (χ0) is 14.0. The summed E-state index contributed by atoms with van der Waals surface area (Å²) in [5.41, 5.74) is 4.21. The maximum Gasteiger partial charge on any atom is 0.0426 e. The molecule has 0 bridgehead atoms. The minimum absolute atomic E-state index is 0.577. The van der Waals surface area contributed by atoms with Crippen LogP contribution < -0.4 is 10.2 Å². The Morgan fingerprint density at radius 2 is 1.84 bits per heavy atom. The standard InChI is InChI=1S/C16H27N3/c1-12-7-6-8-13(2)16(12)19-10-14(3)18(5)15(11-19)9-17-4/h6-8,14-15,17H,9-11H2,1-5H3. The molecule has 106 valence electrons. The van der Waals surface area contributed by atoms with Gasteiger partial charge in [-0.15, -0.1) is 0 Å². The van der Waals surface area contributed by atoms with Gasteiger partial charge in [0.25, 0.3) is 0 Å². The molecule has 0 radical (unpaired) electrons. The lowest BCUT2D eigenvalue weighted by Gasteiger charge is -2.45. The van der Waals surface area contributed by atoms with Gasteiger partial charge in [-0.3, -0.25) is 4.90 Å². The van der Waals surface area contributed by atoms with Crippen LogP contribution in [0.2, 0.25) is 0 Å². The molecule has 1 heterocycles. The van der Waals surface area contributed by atoms with E-state index in [1.807, 2.05) is 7.05 Å². The molecule has 1 aromatic carbocycles. The van der Waals surface area contributed by atoms with Gasteiger partial charge < -0.3 is 10.2 Å². The van der Waals surface area contributed by atoms with Gasteiger partial charge in [0, 0.05) is 37.4 Å². The van der Waals surface area contributed by atoms with Gasteiger partial charge in [0.05, 0.1) is 0 Å². The van der Waals surface area contributed by atoms with Crippen molar-refractivity contribution < 1.29 is 0 Å². The van der Waals surface area contributed by atoms with Gasteiger partial charge in [0.1, 0.15) is 0 Å². The van der Waals surface area contributed by atoms with Crippen molar-refractivity contribution in [2.75, 3.05) is 38.6 Å². The minimum Gasteiger partial charge on any atom is -0.368 e. The quantitative estimate of drug-likeness (QED) is 0.898. The summed E-state index contributed by atoms with van der Waals surface area (Å²) in [4.78, 5) is 5.07. The number of hydrogen-bond donors (Lipinski definition) is 1. The number of aryl methyl sites for hydroxylation is 2. The van der Waals surface area contributed by atoms with Crippen molar-refractivity contribution in [3.63, 3.8) is 0 Å². The Morgan fingerprint density at radius 3 is 2.42 bits per heavy atom. The van der Waals surface area contributed by atoms with E-state index in [1.54, 1.807) is 0 Å². The van der Waals surface area contributed by atoms with Gasteiger partial charge in [-0.1, -0.05) is 18.2 Å². The first-order valence-corrected chi connectivity index (χ1v) is 7.22. The zero-order valence-electron chi connectivity index (χ0n) is 12.9. The Balaban J connectivity index is 2.25. The lowest BCUT2D eigenvalue weighted by atomic mass is 10.0. The first kappa shape index (κ1) is 14.4. The number of likely N-dealkylation sites (N-methyl/N-ethyl adjacent to an activating group) is 2. The van der Waals surface area contributed by atoms with Gasteiger partial charge in [-0.25, -0.2) is 0 Å². The van der Waals surface area contributed by atoms with Crippen LogP contribution in [0.15, 0.2) is 18.2 Å². The Labute approximate surface area is 117 Å². The molecule has 0 aromatic heterocycles. The molecular weight excluding hydrogens is 234 g/mol. The molecule has 2 unspecified atom stereocenters. The fourth-order valence-electron chi connectivity index (χ4n) is 3.20. The van der Waals surface area contributed by atoms with Crippen LogP contribution in [0, 0.1) is 13.8 Å². The van der Waals surface area contributed by atoms with Crippen LogP contribution in [-0.4, -0.2) is 50.7 Å². The second kappa shape index (κ2) is 5.93. The third-order valence-electron chi connectivity index (χ3n) is 4.38. The Hall–Kier alpha value is -1.06. The maximum absolute atomic E-state index is 3.32. The predicted octanol–water partition coefficient (Wildman–Crippen LogP) is 2.03. The molecule has 1 fully saturated rings. The van der Waals surface area contributed by atoms with Crippen molar-refractivity contribution in [1.82, 2.24) is 10.2 Å². The molecule has 1 N–H and O–H groups in total. The first-order chi connectivity index (χ1) is 9.04. The fourth-order valence-corrected chi connectivity index (χ4v) is 3.20. The van der Waals surface area contributed by atoms with E-state index >= 15 is 0 Å². The minimum atomic E-state index is 0.577. The summed E-state index contributed by atoms with van der Waals surface area (Å²) in [5, 5.41) is 3.32. The predicted molar refractivity (Wildman–Crippen MR) is 83.1 cm³/mol. The molecule has 2 rings (SSSR count). The molecule has 3 nitrogen and oxygen atoms in total. The summed E-state index contributed by atoms with van der Waals surface area (Å²) in [5.74, 6) is 0. The SMILES string of the molecule is CNCC1CN(c2c(C)cccc2C)CC(C)N1C. The lowest BCUT2D eigenvalue weighted by molar-refractivity contribution is 0.157. The summed E-state index contributed by atoms with van der Waals surface area (Å²) in [6.07, 6.45) is 0. The number of rotatable bonds is 3. The van der Waals surface area contributed by atoms with Crippen LogP contribution in [0.1, 0.15) is 18.1 Å². The molecule has 0 saturated carbocycles. The second-order valence-corrected chi connectivity index (χ2v) is 5.87. The van der Waals surface area contributed by atoms with Crippen molar-refractivity contribution in [3.8, 4) is 0 Å². The van der Waals surface area contributed by atoms with Crippen molar-refractivity contribution in [1.29, 1.82) is 0 Å². The Bertz CT molecular complexity index is 410. The molecule has 19 heavy (non-hydrogen) atoms. The highest BCUT2D eigenvalue weighted by Gasteiger charge is 2.30. The van der Waals surface area contributed by atoms with Gasteiger partial charge >= 0.3 is 0 Å². The molecule has 1 aliphatic rings. The molecule has 0 amide bonds. The van der Waals surface area contributed by atoms with Gasteiger partial charge in [-0.2, -0.15) is 0 Å². The van der Waals surface area contributed by atoms with Crippen molar-refractivity contribution in [2.45, 2.75) is 32.9 Å². The lowest BCUT2D eigenvalue weighted by Crippen LogP contribution is -2.59. The van der Waals surface area contributed by atoms with E-state index in [-0.39, 0.29) is 0 Å². The number of nitrogens with one attached hydrogen (secondary N) is 1. The average Bonchev–Trinajstić information content (AvgIpc) is 2.35. The van der Waals surface area contributed by atoms with Crippen LogP contribution in [-0.2, 0) is 0 Å². The number of piperazine rings is 1. The van der Waals surface area contributed by atoms with Crippen LogP contribution in [0.4, 0.5) is 5.69 Å². The van der Waals surface area contributed by atoms with Gasteiger partial charge in [0.15, 0.2) is 0 Å². The van der Waals surface area contributed by atoms with Crippen molar-refractivity contribution in [3.05, 3.63) is 29.3 Å². The van der Waals surface area contributed by atoms with Crippen molar-refractivity contribution >= 4 is 5.69 Å². The van der Waals surface area contributed by atoms with Crippen LogP contribution in [0.5, 0.6) is 0 Å². The van der Waals surface area contributed by atoms with Gasteiger partial charge in [-0.05, 0) is 46.0 Å². The Kier molecular flexibility index (Phi) is 4.48. The molecule has 1 saturated heterocycles. The van der Waals surface area contributed by atoms with Crippen LogP contribution in [0.3, 0.4) is 0 Å². The van der Waals surface area contributed by atoms with E-state index in [1.165, 1.54) is 16.8 Å². The molecular formula is C16H27N3. The molecule has 0 spiro atoms. The highest BCUT2D eigenvalue weighted by molar-refractivity contribution is 5.59. The highest BCUT2D eigenvalue weighted by atomic mass is 15.3. The number of anilines is 1. The molecule has 2 atom stereocenters. The summed E-state index contributed by atoms with van der Waals surface area (Å²) in [6.45, 7) is 10.0. The molecule has 1 aliphatic heterocycles. The molecule has 3 heteroatoms. The fraction of sp³-hybridized carbons (Fsp3) is 0.625. The number of nitrogens with zero attached hydrogens (tertiary/aromatic N) is 2. The average molecular weight is 261 g/mol. The summed E-state index contributed by atoms with van der Waals surface area (Å²) in [6, 6.07) is 7.76. The van der Waals surface area contributed by atoms with Crippen molar-refractivity contribution in [2.24, 2.45) is 0 Å².